The normalized spacial score (nSPS) is 30.0. The van der Waals surface area contributed by atoms with Crippen LogP contribution in [-0.2, 0) is 4.74 Å². The summed E-state index contributed by atoms with van der Waals surface area (Å²) in [5, 5.41) is 29.9. The van der Waals surface area contributed by atoms with E-state index >= 15 is 0 Å². The maximum absolute atomic E-state index is 9.83. The molecular weight excluding hydrogens is 286 g/mol. The standard InChI is InChI=1S/C13H14ClNO5/c14-6-1-2-7-8(3-6)15-4-9(7)19-13-12(18)11(17)10(5-16)20-13/h1-4,10-13,15-18H,5H2/t10-,11-,12+,13+/m0/s1. The second-order valence-electron chi connectivity index (χ2n) is 4.67. The van der Waals surface area contributed by atoms with Gasteiger partial charge in [-0.1, -0.05) is 11.6 Å². The molecule has 0 amide bonds. The topological polar surface area (TPSA) is 94.9 Å². The zero-order valence-electron chi connectivity index (χ0n) is 10.4. The Bertz CT molecular complexity index is 616. The van der Waals surface area contributed by atoms with E-state index in [0.717, 1.165) is 10.9 Å². The molecule has 0 bridgehead atoms. The van der Waals surface area contributed by atoms with Gasteiger partial charge in [0.05, 0.1) is 12.1 Å². The van der Waals surface area contributed by atoms with Gasteiger partial charge in [-0.25, -0.2) is 0 Å². The monoisotopic (exact) mass is 299 g/mol. The first-order valence-corrected chi connectivity index (χ1v) is 6.53. The number of aromatic nitrogens is 1. The lowest BCUT2D eigenvalue weighted by Crippen LogP contribution is -2.35. The van der Waals surface area contributed by atoms with Crippen molar-refractivity contribution >= 4 is 22.5 Å². The zero-order valence-corrected chi connectivity index (χ0v) is 11.1. The summed E-state index contributed by atoms with van der Waals surface area (Å²) in [6.45, 7) is -0.387. The Balaban J connectivity index is 1.83. The van der Waals surface area contributed by atoms with E-state index in [0.29, 0.717) is 10.8 Å². The first kappa shape index (κ1) is 13.7. The number of hydrogen-bond acceptors (Lipinski definition) is 5. The Labute approximate surface area is 119 Å². The Morgan fingerprint density at radius 1 is 1.30 bits per heavy atom. The molecule has 1 aliphatic rings. The molecular formula is C13H14ClNO5. The number of ether oxygens (including phenoxy) is 2. The number of hydrogen-bond donors (Lipinski definition) is 4. The molecule has 6 nitrogen and oxygen atoms in total. The summed E-state index contributed by atoms with van der Waals surface area (Å²) >= 11 is 5.89. The van der Waals surface area contributed by atoms with Gasteiger partial charge in [0.1, 0.15) is 24.1 Å². The van der Waals surface area contributed by atoms with Gasteiger partial charge in [-0.05, 0) is 18.2 Å². The molecule has 2 aromatic rings. The highest BCUT2D eigenvalue weighted by Gasteiger charge is 2.44. The molecule has 20 heavy (non-hydrogen) atoms. The van der Waals surface area contributed by atoms with E-state index in [4.69, 9.17) is 26.2 Å². The van der Waals surface area contributed by atoms with Crippen molar-refractivity contribution in [3.05, 3.63) is 29.4 Å². The summed E-state index contributed by atoms with van der Waals surface area (Å²) in [7, 11) is 0. The van der Waals surface area contributed by atoms with Gasteiger partial charge in [0.2, 0.25) is 6.29 Å². The highest BCUT2D eigenvalue weighted by atomic mass is 35.5. The maximum atomic E-state index is 9.83. The highest BCUT2D eigenvalue weighted by Crippen LogP contribution is 2.31. The molecule has 3 rings (SSSR count). The SMILES string of the molecule is OC[C@@H]1O[C@@H](Oc2c[nH]c3cc(Cl)ccc23)[C@H](O)[C@H]1O. The predicted octanol–water partition coefficient (Wildman–Crippen LogP) is 0.639. The second-order valence-corrected chi connectivity index (χ2v) is 5.10. The van der Waals surface area contributed by atoms with Crippen molar-refractivity contribution in [2.45, 2.75) is 24.6 Å². The van der Waals surface area contributed by atoms with E-state index in [-0.39, 0.29) is 6.61 Å². The van der Waals surface area contributed by atoms with E-state index in [2.05, 4.69) is 4.98 Å². The lowest BCUT2D eigenvalue weighted by atomic mass is 10.1. The van der Waals surface area contributed by atoms with Gasteiger partial charge in [-0.3, -0.25) is 0 Å². The third kappa shape index (κ3) is 2.25. The van der Waals surface area contributed by atoms with Gasteiger partial charge >= 0.3 is 0 Å². The van der Waals surface area contributed by atoms with Crippen molar-refractivity contribution in [3.8, 4) is 5.75 Å². The van der Waals surface area contributed by atoms with Crippen LogP contribution in [0.2, 0.25) is 5.02 Å². The fourth-order valence-corrected chi connectivity index (χ4v) is 2.43. The van der Waals surface area contributed by atoms with E-state index in [1.807, 2.05) is 0 Å². The van der Waals surface area contributed by atoms with Gasteiger partial charge in [-0.2, -0.15) is 0 Å². The quantitative estimate of drug-likeness (QED) is 0.667. The third-order valence-electron chi connectivity index (χ3n) is 3.35. The van der Waals surface area contributed by atoms with Crippen molar-refractivity contribution < 1.29 is 24.8 Å². The van der Waals surface area contributed by atoms with E-state index in [1.54, 1.807) is 24.4 Å². The van der Waals surface area contributed by atoms with Crippen molar-refractivity contribution in [2.75, 3.05) is 6.61 Å². The van der Waals surface area contributed by atoms with Crippen LogP contribution in [0, 0.1) is 0 Å². The largest absolute Gasteiger partial charge is 0.460 e. The van der Waals surface area contributed by atoms with Crippen LogP contribution in [0.25, 0.3) is 10.9 Å². The van der Waals surface area contributed by atoms with E-state index < -0.39 is 24.6 Å². The zero-order chi connectivity index (χ0) is 14.3. The molecule has 0 saturated carbocycles. The fraction of sp³-hybridized carbons (Fsp3) is 0.385. The summed E-state index contributed by atoms with van der Waals surface area (Å²) in [5.74, 6) is 0.478. The summed E-state index contributed by atoms with van der Waals surface area (Å²) in [6, 6.07) is 5.26. The molecule has 1 aromatic carbocycles. The van der Waals surface area contributed by atoms with Crippen LogP contribution in [0.5, 0.6) is 5.75 Å². The highest BCUT2D eigenvalue weighted by molar-refractivity contribution is 6.31. The Morgan fingerprint density at radius 3 is 2.80 bits per heavy atom. The van der Waals surface area contributed by atoms with Gasteiger partial charge in [0.15, 0.2) is 0 Å². The molecule has 2 heterocycles. The van der Waals surface area contributed by atoms with Crippen LogP contribution < -0.4 is 4.74 Å². The average Bonchev–Trinajstić information content (AvgIpc) is 2.95. The van der Waals surface area contributed by atoms with Crippen LogP contribution in [0.4, 0.5) is 0 Å². The maximum Gasteiger partial charge on any atom is 0.229 e. The second kappa shape index (κ2) is 5.23. The van der Waals surface area contributed by atoms with Gasteiger partial charge in [-0.15, -0.1) is 0 Å². The van der Waals surface area contributed by atoms with Gasteiger partial charge in [0.25, 0.3) is 0 Å². The molecule has 1 aromatic heterocycles. The summed E-state index contributed by atoms with van der Waals surface area (Å²) in [5.41, 5.74) is 0.791. The molecule has 1 fully saturated rings. The van der Waals surface area contributed by atoms with Crippen LogP contribution in [0.15, 0.2) is 24.4 Å². The van der Waals surface area contributed by atoms with Crippen LogP contribution in [0.3, 0.4) is 0 Å². The van der Waals surface area contributed by atoms with Crippen LogP contribution >= 0.6 is 11.6 Å². The number of aliphatic hydroxyl groups is 3. The molecule has 108 valence electrons. The molecule has 4 N–H and O–H groups in total. The summed E-state index contributed by atoms with van der Waals surface area (Å²) in [4.78, 5) is 3.00. The molecule has 4 atom stereocenters. The minimum Gasteiger partial charge on any atom is -0.460 e. The average molecular weight is 300 g/mol. The number of H-pyrrole nitrogens is 1. The van der Waals surface area contributed by atoms with E-state index in [9.17, 15) is 10.2 Å². The Hall–Kier alpha value is -1.31. The van der Waals surface area contributed by atoms with Crippen molar-refractivity contribution in [1.82, 2.24) is 4.98 Å². The molecule has 1 aliphatic heterocycles. The summed E-state index contributed by atoms with van der Waals surface area (Å²) in [6.07, 6.45) is -2.66. The van der Waals surface area contributed by atoms with Crippen LogP contribution in [-0.4, -0.2) is 51.5 Å². The van der Waals surface area contributed by atoms with Crippen molar-refractivity contribution in [1.29, 1.82) is 0 Å². The number of fused-ring (bicyclic) bond motifs is 1. The minimum absolute atomic E-state index is 0.387. The Morgan fingerprint density at radius 2 is 2.10 bits per heavy atom. The number of rotatable bonds is 3. The number of benzene rings is 1. The molecule has 0 aliphatic carbocycles. The lowest BCUT2D eigenvalue weighted by Gasteiger charge is -2.16. The molecule has 0 unspecified atom stereocenters. The third-order valence-corrected chi connectivity index (χ3v) is 3.58. The summed E-state index contributed by atoms with van der Waals surface area (Å²) < 4.78 is 10.8. The number of aromatic amines is 1. The van der Waals surface area contributed by atoms with Crippen molar-refractivity contribution in [3.63, 3.8) is 0 Å². The minimum atomic E-state index is -1.22. The molecule has 7 heteroatoms. The van der Waals surface area contributed by atoms with E-state index in [1.165, 1.54) is 0 Å². The molecule has 0 spiro atoms. The van der Waals surface area contributed by atoms with Gasteiger partial charge < -0.3 is 29.8 Å². The fourth-order valence-electron chi connectivity index (χ4n) is 2.26. The van der Waals surface area contributed by atoms with Crippen LogP contribution in [0.1, 0.15) is 0 Å². The Kier molecular flexibility index (Phi) is 3.57. The first-order valence-electron chi connectivity index (χ1n) is 6.16. The lowest BCUT2D eigenvalue weighted by molar-refractivity contribution is -0.115. The van der Waals surface area contributed by atoms with Crippen molar-refractivity contribution in [2.24, 2.45) is 0 Å². The first-order chi connectivity index (χ1) is 9.60. The molecule has 0 radical (unpaired) electrons. The number of halogens is 1. The smallest absolute Gasteiger partial charge is 0.229 e. The molecule has 1 saturated heterocycles. The predicted molar refractivity (Wildman–Crippen MR) is 71.7 cm³/mol. The number of aliphatic hydroxyl groups excluding tert-OH is 3. The number of nitrogens with one attached hydrogen (secondary N) is 1. The van der Waals surface area contributed by atoms with Gasteiger partial charge in [0, 0.05) is 16.6 Å².